The molecule has 1 fully saturated rings. The lowest BCUT2D eigenvalue weighted by molar-refractivity contribution is -0.118. The zero-order valence-electron chi connectivity index (χ0n) is 18.4. The third-order valence-electron chi connectivity index (χ3n) is 5.71. The Bertz CT molecular complexity index is 863. The van der Waals surface area contributed by atoms with Crippen LogP contribution in [0.2, 0.25) is 0 Å². The highest BCUT2D eigenvalue weighted by atomic mass is 32.2. The summed E-state index contributed by atoms with van der Waals surface area (Å²) in [6.45, 7) is 1.27. The first-order valence-electron chi connectivity index (χ1n) is 10.9. The maximum Gasteiger partial charge on any atom is 0.255 e. The molecule has 1 aliphatic carbocycles. The Labute approximate surface area is 189 Å². The topological polar surface area (TPSA) is 58.6 Å². The normalized spacial score (nSPS) is 14.1. The van der Waals surface area contributed by atoms with Crippen molar-refractivity contribution in [1.82, 2.24) is 10.2 Å². The first-order valence-corrected chi connectivity index (χ1v) is 11.9. The second-order valence-electron chi connectivity index (χ2n) is 8.10. The number of nitrogens with zero attached hydrogens (tertiary/aromatic N) is 1. The number of carbonyl (C=O) groups excluding carboxylic acids is 2. The number of benzene rings is 2. The van der Waals surface area contributed by atoms with E-state index < -0.39 is 0 Å². The fraction of sp³-hybridized carbons (Fsp3) is 0.440. The molecule has 2 amide bonds. The van der Waals surface area contributed by atoms with Crippen LogP contribution in [-0.2, 0) is 11.3 Å². The zero-order valence-corrected chi connectivity index (χ0v) is 19.2. The van der Waals surface area contributed by atoms with Crippen molar-refractivity contribution in [2.45, 2.75) is 43.5 Å². The number of ether oxygens (including phenoxy) is 1. The molecule has 2 aromatic rings. The van der Waals surface area contributed by atoms with Gasteiger partial charge >= 0.3 is 0 Å². The average molecular weight is 441 g/mol. The van der Waals surface area contributed by atoms with Gasteiger partial charge in [0, 0.05) is 25.0 Å². The summed E-state index contributed by atoms with van der Waals surface area (Å²) in [5.74, 6) is 1.70. The molecule has 1 aliphatic rings. The number of thioether (sulfide) groups is 1. The first-order chi connectivity index (χ1) is 15.1. The zero-order chi connectivity index (χ0) is 22.1. The molecule has 0 spiro atoms. The Morgan fingerprint density at radius 2 is 1.77 bits per heavy atom. The molecule has 2 aromatic carbocycles. The Kier molecular flexibility index (Phi) is 8.83. The van der Waals surface area contributed by atoms with Crippen molar-refractivity contribution in [2.24, 2.45) is 5.92 Å². The molecule has 5 nitrogen and oxygen atoms in total. The summed E-state index contributed by atoms with van der Waals surface area (Å²) in [6.07, 6.45) is 6.29. The van der Waals surface area contributed by atoms with Crippen LogP contribution < -0.4 is 10.1 Å². The summed E-state index contributed by atoms with van der Waals surface area (Å²) in [5, 5.41) is 3.07. The molecule has 6 heteroatoms. The molecule has 31 heavy (non-hydrogen) atoms. The number of rotatable bonds is 9. The Morgan fingerprint density at radius 1 is 1.06 bits per heavy atom. The molecule has 0 radical (unpaired) electrons. The quantitative estimate of drug-likeness (QED) is 0.572. The predicted molar refractivity (Wildman–Crippen MR) is 126 cm³/mol. The molecular formula is C25H32N2O3S. The molecular weight excluding hydrogens is 408 g/mol. The molecule has 0 atom stereocenters. The van der Waals surface area contributed by atoms with Crippen LogP contribution >= 0.6 is 11.8 Å². The third kappa shape index (κ3) is 7.03. The van der Waals surface area contributed by atoms with Gasteiger partial charge in [-0.25, -0.2) is 0 Å². The van der Waals surface area contributed by atoms with Crippen molar-refractivity contribution in [3.63, 3.8) is 0 Å². The van der Waals surface area contributed by atoms with Crippen LogP contribution in [0, 0.1) is 5.92 Å². The monoisotopic (exact) mass is 440 g/mol. The van der Waals surface area contributed by atoms with E-state index in [1.807, 2.05) is 48.5 Å². The number of carbonyl (C=O) groups is 2. The minimum absolute atomic E-state index is 0.0319. The van der Waals surface area contributed by atoms with Crippen molar-refractivity contribution in [3.05, 3.63) is 59.7 Å². The lowest BCUT2D eigenvalue weighted by atomic mass is 9.89. The number of nitrogens with one attached hydrogen (secondary N) is 1. The molecule has 0 aliphatic heterocycles. The van der Waals surface area contributed by atoms with E-state index in [1.54, 1.807) is 19.1 Å². The predicted octanol–water partition coefficient (Wildman–Crippen LogP) is 4.76. The fourth-order valence-electron chi connectivity index (χ4n) is 3.90. The van der Waals surface area contributed by atoms with Crippen LogP contribution in [0.15, 0.2) is 53.4 Å². The number of hydrogen-bond donors (Lipinski definition) is 1. The van der Waals surface area contributed by atoms with E-state index in [1.165, 1.54) is 43.9 Å². The molecule has 0 heterocycles. The van der Waals surface area contributed by atoms with Crippen molar-refractivity contribution < 1.29 is 14.3 Å². The van der Waals surface area contributed by atoms with E-state index in [4.69, 9.17) is 4.74 Å². The van der Waals surface area contributed by atoms with Gasteiger partial charge in [-0.05, 0) is 48.6 Å². The maximum absolute atomic E-state index is 13.1. The van der Waals surface area contributed by atoms with E-state index >= 15 is 0 Å². The molecule has 1 saturated carbocycles. The number of methoxy groups -OCH3 is 1. The molecule has 0 unspecified atom stereocenters. The van der Waals surface area contributed by atoms with E-state index in [0.29, 0.717) is 23.8 Å². The second-order valence-corrected chi connectivity index (χ2v) is 9.12. The summed E-state index contributed by atoms with van der Waals surface area (Å²) in [5.41, 5.74) is 1.66. The van der Waals surface area contributed by atoms with E-state index in [-0.39, 0.29) is 11.8 Å². The molecule has 0 saturated heterocycles. The van der Waals surface area contributed by atoms with Gasteiger partial charge in [0.05, 0.1) is 18.4 Å². The van der Waals surface area contributed by atoms with Crippen LogP contribution in [0.4, 0.5) is 0 Å². The standard InChI is InChI=1S/C25H32N2O3S/c1-27(17-20-12-14-21(30-2)15-13-20)25(29)22-10-6-7-11-23(22)31-18-24(28)26-16-19-8-4-3-5-9-19/h6-7,10-15,19H,3-5,8-9,16-18H2,1-2H3,(H,26,28). The highest BCUT2D eigenvalue weighted by Gasteiger charge is 2.18. The van der Waals surface area contributed by atoms with Crippen molar-refractivity contribution in [2.75, 3.05) is 26.5 Å². The van der Waals surface area contributed by atoms with Gasteiger partial charge < -0.3 is 15.0 Å². The van der Waals surface area contributed by atoms with E-state index in [2.05, 4.69) is 5.32 Å². The van der Waals surface area contributed by atoms with Crippen LogP contribution in [0.3, 0.4) is 0 Å². The minimum atomic E-state index is -0.0541. The smallest absolute Gasteiger partial charge is 0.255 e. The van der Waals surface area contributed by atoms with Crippen LogP contribution in [-0.4, -0.2) is 43.2 Å². The Morgan fingerprint density at radius 3 is 2.48 bits per heavy atom. The van der Waals surface area contributed by atoms with E-state index in [9.17, 15) is 9.59 Å². The Balaban J connectivity index is 1.54. The van der Waals surface area contributed by atoms with Gasteiger partial charge in [0.2, 0.25) is 5.91 Å². The van der Waals surface area contributed by atoms with Gasteiger partial charge in [0.15, 0.2) is 0 Å². The third-order valence-corrected chi connectivity index (χ3v) is 6.79. The molecule has 166 valence electrons. The number of hydrogen-bond acceptors (Lipinski definition) is 4. The van der Waals surface area contributed by atoms with Crippen molar-refractivity contribution in [3.8, 4) is 5.75 Å². The molecule has 1 N–H and O–H groups in total. The average Bonchev–Trinajstić information content (AvgIpc) is 2.82. The fourth-order valence-corrected chi connectivity index (χ4v) is 4.77. The van der Waals surface area contributed by atoms with Gasteiger partial charge in [-0.15, -0.1) is 11.8 Å². The molecule has 3 rings (SSSR count). The van der Waals surface area contributed by atoms with Crippen molar-refractivity contribution >= 4 is 23.6 Å². The van der Waals surface area contributed by atoms with Gasteiger partial charge in [0.25, 0.3) is 5.91 Å². The highest BCUT2D eigenvalue weighted by Crippen LogP contribution is 2.25. The van der Waals surface area contributed by atoms with Crippen LogP contribution in [0.1, 0.15) is 48.0 Å². The maximum atomic E-state index is 13.1. The number of amides is 2. The summed E-state index contributed by atoms with van der Waals surface area (Å²) in [6, 6.07) is 15.2. The lowest BCUT2D eigenvalue weighted by Crippen LogP contribution is -2.31. The van der Waals surface area contributed by atoms with Crippen LogP contribution in [0.5, 0.6) is 5.75 Å². The molecule has 0 bridgehead atoms. The van der Waals surface area contributed by atoms with Gasteiger partial charge in [-0.3, -0.25) is 9.59 Å². The largest absolute Gasteiger partial charge is 0.497 e. The van der Waals surface area contributed by atoms with Gasteiger partial charge in [-0.1, -0.05) is 43.5 Å². The molecule has 0 aromatic heterocycles. The SMILES string of the molecule is COc1ccc(CN(C)C(=O)c2ccccc2SCC(=O)NCC2CCCCC2)cc1. The van der Waals surface area contributed by atoms with Gasteiger partial charge in [-0.2, -0.15) is 0 Å². The summed E-state index contributed by atoms with van der Waals surface area (Å²) in [4.78, 5) is 27.9. The second kappa shape index (κ2) is 11.8. The first kappa shape index (κ1) is 23.2. The Hall–Kier alpha value is -2.47. The summed E-state index contributed by atoms with van der Waals surface area (Å²) in [7, 11) is 3.43. The lowest BCUT2D eigenvalue weighted by Gasteiger charge is -2.21. The van der Waals surface area contributed by atoms with E-state index in [0.717, 1.165) is 22.8 Å². The summed E-state index contributed by atoms with van der Waals surface area (Å²) >= 11 is 1.42. The van der Waals surface area contributed by atoms with Gasteiger partial charge in [0.1, 0.15) is 5.75 Å². The summed E-state index contributed by atoms with van der Waals surface area (Å²) < 4.78 is 5.19. The highest BCUT2D eigenvalue weighted by molar-refractivity contribution is 8.00. The minimum Gasteiger partial charge on any atom is -0.497 e. The van der Waals surface area contributed by atoms with Crippen LogP contribution in [0.25, 0.3) is 0 Å². The van der Waals surface area contributed by atoms with Crippen molar-refractivity contribution in [1.29, 1.82) is 0 Å².